The Morgan fingerprint density at radius 3 is 1.51 bits per heavy atom. The fourth-order valence-electron chi connectivity index (χ4n) is 5.61. The molecule has 0 N–H and O–H groups in total. The quantitative estimate of drug-likeness (QED) is 0.0154. The number of hydrogen-bond donors (Lipinski definition) is 0. The van der Waals surface area contributed by atoms with Crippen LogP contribution in [0.25, 0.3) is 0 Å². The summed E-state index contributed by atoms with van der Waals surface area (Å²) in [6.45, 7) is 8.31. The molecule has 0 fully saturated rings. The first kappa shape index (κ1) is 48.8. The highest BCUT2D eigenvalue weighted by Crippen LogP contribution is 2.13. The molecule has 0 aliphatic rings. The van der Waals surface area contributed by atoms with Gasteiger partial charge in [0.05, 0.1) is 12.3 Å². The SMILES string of the molecule is CCCCC/C=C\C/C=C\CCCCCCCC(=O)OCC(COC=O)COC(=O)CCC(OCCCCCCCC)OCCCCCCCC. The molecule has 298 valence electrons. The van der Waals surface area contributed by atoms with Crippen LogP contribution < -0.4 is 0 Å². The van der Waals surface area contributed by atoms with Crippen LogP contribution in [0.3, 0.4) is 0 Å². The van der Waals surface area contributed by atoms with Gasteiger partial charge in [0.25, 0.3) is 6.47 Å². The average molecular weight is 723 g/mol. The van der Waals surface area contributed by atoms with Crippen molar-refractivity contribution in [2.75, 3.05) is 33.0 Å². The third kappa shape index (κ3) is 37.4. The van der Waals surface area contributed by atoms with Gasteiger partial charge in [0, 0.05) is 26.1 Å². The third-order valence-electron chi connectivity index (χ3n) is 8.88. The van der Waals surface area contributed by atoms with Crippen molar-refractivity contribution < 1.29 is 38.1 Å². The van der Waals surface area contributed by atoms with Crippen LogP contribution in [0.1, 0.15) is 188 Å². The maximum Gasteiger partial charge on any atom is 0.305 e. The van der Waals surface area contributed by atoms with Crippen LogP contribution in [-0.2, 0) is 38.1 Å². The smallest absolute Gasteiger partial charge is 0.305 e. The summed E-state index contributed by atoms with van der Waals surface area (Å²) in [6, 6.07) is 0. The van der Waals surface area contributed by atoms with Gasteiger partial charge in [-0.05, 0) is 51.4 Å². The lowest BCUT2D eigenvalue weighted by molar-refractivity contribution is -0.161. The zero-order valence-electron chi connectivity index (χ0n) is 33.2. The number of carbonyl (C=O) groups excluding carboxylic acids is 3. The van der Waals surface area contributed by atoms with E-state index in [0.29, 0.717) is 32.5 Å². The molecule has 1 atom stereocenters. The van der Waals surface area contributed by atoms with Crippen LogP contribution in [0.4, 0.5) is 0 Å². The minimum Gasteiger partial charge on any atom is -0.467 e. The van der Waals surface area contributed by atoms with E-state index in [1.54, 1.807) is 0 Å². The van der Waals surface area contributed by atoms with Gasteiger partial charge in [-0.1, -0.05) is 141 Å². The number of esters is 2. The average Bonchev–Trinajstić information content (AvgIpc) is 3.13. The Labute approximate surface area is 313 Å². The number of hydrogen-bond acceptors (Lipinski definition) is 8. The highest BCUT2D eigenvalue weighted by atomic mass is 16.7. The Morgan fingerprint density at radius 1 is 0.510 bits per heavy atom. The minimum absolute atomic E-state index is 0.00550. The molecule has 0 bridgehead atoms. The molecule has 0 aromatic carbocycles. The van der Waals surface area contributed by atoms with Crippen molar-refractivity contribution in [1.29, 1.82) is 0 Å². The topological polar surface area (TPSA) is 97.4 Å². The van der Waals surface area contributed by atoms with Gasteiger partial charge in [0.2, 0.25) is 0 Å². The van der Waals surface area contributed by atoms with Gasteiger partial charge in [-0.3, -0.25) is 14.4 Å². The van der Waals surface area contributed by atoms with Crippen LogP contribution in [-0.4, -0.2) is 57.7 Å². The van der Waals surface area contributed by atoms with Crippen molar-refractivity contribution in [2.45, 2.75) is 194 Å². The molecule has 0 radical (unpaired) electrons. The molecular weight excluding hydrogens is 644 g/mol. The molecule has 0 spiro atoms. The summed E-state index contributed by atoms with van der Waals surface area (Å²) in [5, 5.41) is 0. The molecule has 0 rings (SSSR count). The highest BCUT2D eigenvalue weighted by molar-refractivity contribution is 5.69. The van der Waals surface area contributed by atoms with Crippen molar-refractivity contribution >= 4 is 18.4 Å². The molecule has 1 unspecified atom stereocenters. The van der Waals surface area contributed by atoms with Gasteiger partial charge in [-0.15, -0.1) is 0 Å². The lowest BCUT2D eigenvalue weighted by Gasteiger charge is -2.19. The van der Waals surface area contributed by atoms with Crippen LogP contribution in [0, 0.1) is 5.92 Å². The molecule has 0 heterocycles. The van der Waals surface area contributed by atoms with Crippen molar-refractivity contribution in [2.24, 2.45) is 5.92 Å². The molecule has 0 aromatic heterocycles. The van der Waals surface area contributed by atoms with E-state index >= 15 is 0 Å². The highest BCUT2D eigenvalue weighted by Gasteiger charge is 2.18. The number of carbonyl (C=O) groups is 3. The Hall–Kier alpha value is -2.19. The van der Waals surface area contributed by atoms with E-state index in [1.807, 2.05) is 0 Å². The van der Waals surface area contributed by atoms with Crippen molar-refractivity contribution in [3.8, 4) is 0 Å². The predicted molar refractivity (Wildman–Crippen MR) is 208 cm³/mol. The Kier molecular flexibility index (Phi) is 38.8. The van der Waals surface area contributed by atoms with Gasteiger partial charge in [-0.25, -0.2) is 0 Å². The van der Waals surface area contributed by atoms with E-state index in [-0.39, 0.29) is 38.2 Å². The maximum atomic E-state index is 12.6. The van der Waals surface area contributed by atoms with E-state index in [4.69, 9.17) is 23.7 Å². The molecule has 0 aliphatic carbocycles. The molecule has 0 saturated carbocycles. The first-order chi connectivity index (χ1) is 25.1. The third-order valence-corrected chi connectivity index (χ3v) is 8.88. The molecule has 0 amide bonds. The molecular formula is C43H78O8. The summed E-state index contributed by atoms with van der Waals surface area (Å²) in [4.78, 5) is 35.8. The number of rotatable bonds is 40. The van der Waals surface area contributed by atoms with E-state index in [0.717, 1.165) is 70.6 Å². The van der Waals surface area contributed by atoms with Crippen LogP contribution >= 0.6 is 0 Å². The lowest BCUT2D eigenvalue weighted by atomic mass is 10.1. The summed E-state index contributed by atoms with van der Waals surface area (Å²) in [5.74, 6) is -1.08. The second-order valence-electron chi connectivity index (χ2n) is 13.9. The molecule has 0 saturated heterocycles. The Morgan fingerprint density at radius 2 is 0.961 bits per heavy atom. The minimum atomic E-state index is -0.437. The molecule has 51 heavy (non-hydrogen) atoms. The van der Waals surface area contributed by atoms with Crippen molar-refractivity contribution in [1.82, 2.24) is 0 Å². The van der Waals surface area contributed by atoms with Gasteiger partial charge in [-0.2, -0.15) is 0 Å². The van der Waals surface area contributed by atoms with Crippen LogP contribution in [0.2, 0.25) is 0 Å². The summed E-state index contributed by atoms with van der Waals surface area (Å²) >= 11 is 0. The number of unbranched alkanes of at least 4 members (excludes halogenated alkanes) is 18. The summed E-state index contributed by atoms with van der Waals surface area (Å²) < 4.78 is 27.9. The van der Waals surface area contributed by atoms with E-state index in [1.165, 1.54) is 77.0 Å². The van der Waals surface area contributed by atoms with Gasteiger partial charge >= 0.3 is 11.9 Å². The summed E-state index contributed by atoms with van der Waals surface area (Å²) in [6.07, 6.45) is 36.1. The van der Waals surface area contributed by atoms with E-state index < -0.39 is 12.2 Å². The number of ether oxygens (including phenoxy) is 5. The normalized spacial score (nSPS) is 12.2. The van der Waals surface area contributed by atoms with Crippen LogP contribution in [0.15, 0.2) is 24.3 Å². The number of allylic oxidation sites excluding steroid dienone is 4. The second-order valence-corrected chi connectivity index (χ2v) is 13.9. The first-order valence-electron chi connectivity index (χ1n) is 21.0. The van der Waals surface area contributed by atoms with E-state index in [9.17, 15) is 14.4 Å². The molecule has 8 heteroatoms. The fourth-order valence-corrected chi connectivity index (χ4v) is 5.61. The second kappa shape index (κ2) is 40.6. The van der Waals surface area contributed by atoms with Crippen molar-refractivity contribution in [3.05, 3.63) is 24.3 Å². The fraction of sp³-hybridized carbons (Fsp3) is 0.837. The lowest BCUT2D eigenvalue weighted by Crippen LogP contribution is -2.26. The van der Waals surface area contributed by atoms with Crippen molar-refractivity contribution in [3.63, 3.8) is 0 Å². The zero-order chi connectivity index (χ0) is 37.3. The first-order valence-corrected chi connectivity index (χ1v) is 21.0. The predicted octanol–water partition coefficient (Wildman–Crippen LogP) is 11.5. The van der Waals surface area contributed by atoms with E-state index in [2.05, 4.69) is 45.1 Å². The molecule has 0 aromatic rings. The Balaban J connectivity index is 4.31. The summed E-state index contributed by atoms with van der Waals surface area (Å²) in [5.41, 5.74) is 0. The van der Waals surface area contributed by atoms with Gasteiger partial charge < -0.3 is 23.7 Å². The molecule has 0 aliphatic heterocycles. The van der Waals surface area contributed by atoms with Gasteiger partial charge in [0.1, 0.15) is 19.8 Å². The monoisotopic (exact) mass is 723 g/mol. The zero-order valence-corrected chi connectivity index (χ0v) is 33.2. The maximum absolute atomic E-state index is 12.6. The summed E-state index contributed by atoms with van der Waals surface area (Å²) in [7, 11) is 0. The van der Waals surface area contributed by atoms with Crippen LogP contribution in [0.5, 0.6) is 0 Å². The standard InChI is InChI=1S/C43H78O8/c1-4-7-10-13-16-17-18-19-20-21-22-23-24-25-28-31-41(45)50-37-40(36-47-39-44)38-51-42(46)32-33-43(48-34-29-26-14-11-8-5-2)49-35-30-27-15-12-9-6-3/h16-17,19-20,39-40,43H,4-15,18,21-38H2,1-3H3/b17-16-,20-19-. The Bertz CT molecular complexity index is 809. The largest absolute Gasteiger partial charge is 0.467 e. The van der Waals surface area contributed by atoms with Gasteiger partial charge in [0.15, 0.2) is 6.29 Å². The molecule has 8 nitrogen and oxygen atoms in total.